The minimum absolute atomic E-state index is 0.0469. The van der Waals surface area contributed by atoms with Gasteiger partial charge in [0.25, 0.3) is 0 Å². The van der Waals surface area contributed by atoms with Gasteiger partial charge in [-0.1, -0.05) is 13.8 Å². The zero-order valence-corrected chi connectivity index (χ0v) is 17.7. The Balaban J connectivity index is 2.18. The van der Waals surface area contributed by atoms with Crippen molar-refractivity contribution in [1.29, 1.82) is 0 Å². The molecule has 0 heterocycles. The van der Waals surface area contributed by atoms with Crippen LogP contribution in [0, 0.1) is 5.92 Å². The molecule has 29 heavy (non-hydrogen) atoms. The topological polar surface area (TPSA) is 102 Å². The van der Waals surface area contributed by atoms with Crippen molar-refractivity contribution in [1.82, 2.24) is 4.72 Å². The normalized spacial score (nSPS) is 12.4. The van der Waals surface area contributed by atoms with Gasteiger partial charge in [0.2, 0.25) is 15.9 Å². The number of anilines is 1. The van der Waals surface area contributed by atoms with Crippen LogP contribution in [0.1, 0.15) is 37.6 Å². The number of benzene rings is 2. The van der Waals surface area contributed by atoms with E-state index >= 15 is 0 Å². The van der Waals surface area contributed by atoms with Crippen LogP contribution in [0.25, 0.3) is 0 Å². The number of carbonyl (C=O) groups is 2. The van der Waals surface area contributed by atoms with Crippen molar-refractivity contribution in [3.63, 3.8) is 0 Å². The third-order valence-electron chi connectivity index (χ3n) is 4.25. The van der Waals surface area contributed by atoms with Crippen LogP contribution >= 0.6 is 0 Å². The lowest BCUT2D eigenvalue weighted by Crippen LogP contribution is -2.44. The number of hydrogen-bond donors (Lipinski definition) is 2. The summed E-state index contributed by atoms with van der Waals surface area (Å²) in [5.41, 5.74) is 1.01. The first kappa shape index (κ1) is 22.6. The minimum Gasteiger partial charge on any atom is -0.497 e. The van der Waals surface area contributed by atoms with Crippen LogP contribution in [0.5, 0.6) is 5.75 Å². The quantitative estimate of drug-likeness (QED) is 0.609. The van der Waals surface area contributed by atoms with Gasteiger partial charge in [0.15, 0.2) is 5.78 Å². The van der Waals surface area contributed by atoms with Gasteiger partial charge < -0.3 is 10.1 Å². The van der Waals surface area contributed by atoms with Crippen LogP contribution in [0.15, 0.2) is 53.4 Å². The smallest absolute Gasteiger partial charge is 0.242 e. The highest BCUT2D eigenvalue weighted by Crippen LogP contribution is 2.18. The van der Waals surface area contributed by atoms with Gasteiger partial charge in [-0.2, -0.15) is 4.72 Å². The number of rotatable bonds is 9. The van der Waals surface area contributed by atoms with Crippen molar-refractivity contribution in [2.24, 2.45) is 5.92 Å². The maximum atomic E-state index is 12.8. The highest BCUT2D eigenvalue weighted by molar-refractivity contribution is 7.89. The molecule has 8 heteroatoms. The lowest BCUT2D eigenvalue weighted by atomic mass is 10.0. The Kier molecular flexibility index (Phi) is 7.53. The molecule has 1 atom stereocenters. The minimum atomic E-state index is -3.90. The Morgan fingerprint density at radius 2 is 1.59 bits per heavy atom. The first-order valence-electron chi connectivity index (χ1n) is 9.20. The van der Waals surface area contributed by atoms with Crippen molar-refractivity contribution in [3.8, 4) is 5.75 Å². The predicted molar refractivity (Wildman–Crippen MR) is 112 cm³/mol. The van der Waals surface area contributed by atoms with E-state index in [1.807, 2.05) is 13.8 Å². The highest BCUT2D eigenvalue weighted by atomic mass is 32.2. The van der Waals surface area contributed by atoms with Crippen molar-refractivity contribution in [2.75, 3.05) is 12.4 Å². The zero-order valence-electron chi connectivity index (χ0n) is 16.9. The third-order valence-corrected chi connectivity index (χ3v) is 5.74. The van der Waals surface area contributed by atoms with E-state index in [2.05, 4.69) is 10.0 Å². The second-order valence-electron chi connectivity index (χ2n) is 7.10. The second kappa shape index (κ2) is 9.67. The number of ketones is 1. The maximum absolute atomic E-state index is 12.8. The van der Waals surface area contributed by atoms with Gasteiger partial charge in [-0.05, 0) is 67.8 Å². The van der Waals surface area contributed by atoms with Crippen LogP contribution < -0.4 is 14.8 Å². The van der Waals surface area contributed by atoms with Crippen LogP contribution in [0.3, 0.4) is 0 Å². The van der Waals surface area contributed by atoms with E-state index in [-0.39, 0.29) is 16.6 Å². The Bertz CT molecular complexity index is 952. The fourth-order valence-electron chi connectivity index (χ4n) is 2.71. The Hall–Kier alpha value is -2.71. The Morgan fingerprint density at radius 3 is 2.07 bits per heavy atom. The average Bonchev–Trinajstić information content (AvgIpc) is 2.67. The molecule has 2 aromatic carbocycles. The third kappa shape index (κ3) is 6.40. The predicted octanol–water partition coefficient (Wildman–Crippen LogP) is 3.23. The molecule has 2 N–H and O–H groups in total. The summed E-state index contributed by atoms with van der Waals surface area (Å²) < 4.78 is 33.0. The molecule has 0 saturated carbocycles. The largest absolute Gasteiger partial charge is 0.497 e. The number of carbonyl (C=O) groups excluding carboxylic acids is 2. The van der Waals surface area contributed by atoms with Gasteiger partial charge >= 0.3 is 0 Å². The molecule has 0 saturated heterocycles. The van der Waals surface area contributed by atoms with E-state index in [4.69, 9.17) is 4.74 Å². The molecule has 0 spiro atoms. The Morgan fingerprint density at radius 1 is 1.00 bits per heavy atom. The lowest BCUT2D eigenvalue weighted by molar-refractivity contribution is -0.118. The number of amides is 1. The van der Waals surface area contributed by atoms with Gasteiger partial charge in [0.1, 0.15) is 11.8 Å². The summed E-state index contributed by atoms with van der Waals surface area (Å²) in [7, 11) is -2.40. The first-order chi connectivity index (χ1) is 13.6. The van der Waals surface area contributed by atoms with Gasteiger partial charge in [0.05, 0.1) is 12.0 Å². The summed E-state index contributed by atoms with van der Waals surface area (Å²) in [5.74, 6) is 0.0815. The highest BCUT2D eigenvalue weighted by Gasteiger charge is 2.26. The molecule has 0 unspecified atom stereocenters. The molecule has 7 nitrogen and oxygen atoms in total. The number of ether oxygens (including phenoxy) is 1. The molecule has 0 aliphatic heterocycles. The van der Waals surface area contributed by atoms with Crippen LogP contribution in [0.4, 0.5) is 5.69 Å². The molecule has 2 rings (SSSR count). The van der Waals surface area contributed by atoms with Gasteiger partial charge in [-0.25, -0.2) is 8.42 Å². The summed E-state index contributed by atoms with van der Waals surface area (Å²) in [5, 5.41) is 2.71. The summed E-state index contributed by atoms with van der Waals surface area (Å²) in [6.45, 7) is 5.27. The molecule has 0 bridgehead atoms. The van der Waals surface area contributed by atoms with E-state index < -0.39 is 22.0 Å². The second-order valence-corrected chi connectivity index (χ2v) is 8.82. The molecule has 1 amide bonds. The van der Waals surface area contributed by atoms with Crippen LogP contribution in [-0.4, -0.2) is 33.3 Å². The molecule has 0 aromatic heterocycles. The molecule has 0 aliphatic carbocycles. The summed E-state index contributed by atoms with van der Waals surface area (Å²) in [6.07, 6.45) is 0.326. The number of hydrogen-bond acceptors (Lipinski definition) is 5. The SMILES string of the molecule is COc1ccc(S(=O)(=O)N[C@H](CC(C)C)C(=O)Nc2ccc(C(C)=O)cc2)cc1. The first-order valence-corrected chi connectivity index (χ1v) is 10.7. The number of nitrogens with one attached hydrogen (secondary N) is 2. The van der Waals surface area contributed by atoms with E-state index in [1.54, 1.807) is 36.4 Å². The Labute approximate surface area is 171 Å². The molecule has 156 valence electrons. The maximum Gasteiger partial charge on any atom is 0.242 e. The van der Waals surface area contributed by atoms with E-state index in [0.717, 1.165) is 0 Å². The summed E-state index contributed by atoms with van der Waals surface area (Å²) in [4.78, 5) is 24.2. The number of methoxy groups -OCH3 is 1. The van der Waals surface area contributed by atoms with Gasteiger partial charge in [-0.3, -0.25) is 9.59 Å². The molecule has 0 radical (unpaired) electrons. The summed E-state index contributed by atoms with van der Waals surface area (Å²) >= 11 is 0. The lowest BCUT2D eigenvalue weighted by Gasteiger charge is -2.20. The fourth-order valence-corrected chi connectivity index (χ4v) is 3.92. The number of Topliss-reactive ketones (excluding diaryl/α,β-unsaturated/α-hetero) is 1. The molecular formula is C21H26N2O5S. The van der Waals surface area contributed by atoms with E-state index in [0.29, 0.717) is 23.4 Å². The van der Waals surface area contributed by atoms with Crippen molar-refractivity contribution in [3.05, 3.63) is 54.1 Å². The van der Waals surface area contributed by atoms with Crippen molar-refractivity contribution < 1.29 is 22.7 Å². The monoisotopic (exact) mass is 418 g/mol. The number of sulfonamides is 1. The van der Waals surface area contributed by atoms with E-state index in [1.165, 1.54) is 26.2 Å². The molecular weight excluding hydrogens is 392 g/mol. The fraction of sp³-hybridized carbons (Fsp3) is 0.333. The van der Waals surface area contributed by atoms with Crippen LogP contribution in [0.2, 0.25) is 0 Å². The van der Waals surface area contributed by atoms with Crippen molar-refractivity contribution in [2.45, 2.75) is 38.1 Å². The van der Waals surface area contributed by atoms with Gasteiger partial charge in [-0.15, -0.1) is 0 Å². The average molecular weight is 419 g/mol. The molecule has 0 fully saturated rings. The molecule has 0 aliphatic rings. The van der Waals surface area contributed by atoms with Gasteiger partial charge in [0, 0.05) is 11.3 Å². The van der Waals surface area contributed by atoms with E-state index in [9.17, 15) is 18.0 Å². The molecule has 2 aromatic rings. The standard InChI is InChI=1S/C21H26N2O5S/c1-14(2)13-20(21(25)22-17-7-5-16(6-8-17)15(3)24)23-29(26,27)19-11-9-18(28-4)10-12-19/h5-12,14,20,23H,13H2,1-4H3,(H,22,25)/t20-/m1/s1. The van der Waals surface area contributed by atoms with Crippen molar-refractivity contribution >= 4 is 27.4 Å². The van der Waals surface area contributed by atoms with Crippen LogP contribution in [-0.2, 0) is 14.8 Å². The summed E-state index contributed by atoms with van der Waals surface area (Å²) in [6, 6.07) is 11.4. The zero-order chi connectivity index (χ0) is 21.6.